The van der Waals surface area contributed by atoms with Crippen molar-refractivity contribution >= 4 is 0 Å². The summed E-state index contributed by atoms with van der Waals surface area (Å²) >= 11 is 0. The van der Waals surface area contributed by atoms with E-state index in [0.29, 0.717) is 5.56 Å². The SMILES string of the molecule is Cc1ccc(F)c(C(O)C2(N3CCCC3)CCCC2)c1F. The van der Waals surface area contributed by atoms with Crippen LogP contribution in [0.1, 0.15) is 55.8 Å². The lowest BCUT2D eigenvalue weighted by atomic mass is 9.83. The van der Waals surface area contributed by atoms with E-state index in [9.17, 15) is 13.9 Å². The van der Waals surface area contributed by atoms with Crippen molar-refractivity contribution in [3.8, 4) is 0 Å². The molecule has 3 rings (SSSR count). The molecule has 0 radical (unpaired) electrons. The van der Waals surface area contributed by atoms with Gasteiger partial charge >= 0.3 is 0 Å². The van der Waals surface area contributed by atoms with Crippen molar-refractivity contribution in [3.05, 3.63) is 34.9 Å². The van der Waals surface area contributed by atoms with Gasteiger partial charge in [0, 0.05) is 0 Å². The van der Waals surface area contributed by atoms with E-state index in [-0.39, 0.29) is 5.56 Å². The molecule has 0 spiro atoms. The van der Waals surface area contributed by atoms with E-state index in [1.165, 1.54) is 12.1 Å². The molecule has 1 aliphatic heterocycles. The molecule has 116 valence electrons. The van der Waals surface area contributed by atoms with Gasteiger partial charge < -0.3 is 5.11 Å². The van der Waals surface area contributed by atoms with E-state index in [1.54, 1.807) is 6.92 Å². The minimum Gasteiger partial charge on any atom is -0.386 e. The van der Waals surface area contributed by atoms with Crippen LogP contribution < -0.4 is 0 Å². The first-order valence-electron chi connectivity index (χ1n) is 7.94. The molecule has 1 aliphatic carbocycles. The largest absolute Gasteiger partial charge is 0.386 e. The maximum Gasteiger partial charge on any atom is 0.134 e. The van der Waals surface area contributed by atoms with Gasteiger partial charge in [0.05, 0.1) is 11.1 Å². The smallest absolute Gasteiger partial charge is 0.134 e. The van der Waals surface area contributed by atoms with Crippen molar-refractivity contribution in [1.82, 2.24) is 4.90 Å². The maximum absolute atomic E-state index is 14.4. The molecule has 1 aromatic carbocycles. The molecule has 1 heterocycles. The molecule has 2 fully saturated rings. The Hall–Kier alpha value is -1.00. The monoisotopic (exact) mass is 295 g/mol. The lowest BCUT2D eigenvalue weighted by Gasteiger charge is -2.43. The van der Waals surface area contributed by atoms with Gasteiger partial charge in [-0.25, -0.2) is 8.78 Å². The van der Waals surface area contributed by atoms with Crippen LogP contribution in [-0.2, 0) is 0 Å². The number of hydrogen-bond acceptors (Lipinski definition) is 2. The molecular weight excluding hydrogens is 272 g/mol. The van der Waals surface area contributed by atoms with E-state index >= 15 is 0 Å². The van der Waals surface area contributed by atoms with Crippen LogP contribution in [-0.4, -0.2) is 28.6 Å². The quantitative estimate of drug-likeness (QED) is 0.919. The van der Waals surface area contributed by atoms with Crippen molar-refractivity contribution in [2.75, 3.05) is 13.1 Å². The molecule has 2 aliphatic rings. The first kappa shape index (κ1) is 14.9. The van der Waals surface area contributed by atoms with Crippen LogP contribution >= 0.6 is 0 Å². The number of halogens is 2. The van der Waals surface area contributed by atoms with Gasteiger partial charge in [0.15, 0.2) is 0 Å². The number of aliphatic hydroxyl groups is 1. The van der Waals surface area contributed by atoms with Gasteiger partial charge in [-0.15, -0.1) is 0 Å². The van der Waals surface area contributed by atoms with Gasteiger partial charge in [0.25, 0.3) is 0 Å². The Morgan fingerprint density at radius 1 is 1.10 bits per heavy atom. The van der Waals surface area contributed by atoms with Crippen molar-refractivity contribution < 1.29 is 13.9 Å². The Balaban J connectivity index is 2.02. The Morgan fingerprint density at radius 3 is 2.33 bits per heavy atom. The predicted octanol–water partition coefficient (Wildman–Crippen LogP) is 3.72. The minimum absolute atomic E-state index is 0.135. The molecule has 1 saturated carbocycles. The van der Waals surface area contributed by atoms with E-state index in [0.717, 1.165) is 51.6 Å². The van der Waals surface area contributed by atoms with Crippen molar-refractivity contribution in [2.45, 2.75) is 57.1 Å². The fourth-order valence-corrected chi connectivity index (χ4v) is 4.11. The van der Waals surface area contributed by atoms with E-state index in [1.807, 2.05) is 0 Å². The molecule has 1 saturated heterocycles. The number of benzene rings is 1. The Labute approximate surface area is 124 Å². The van der Waals surface area contributed by atoms with Crippen LogP contribution in [0.15, 0.2) is 12.1 Å². The maximum atomic E-state index is 14.4. The highest BCUT2D eigenvalue weighted by Crippen LogP contribution is 2.47. The highest BCUT2D eigenvalue weighted by molar-refractivity contribution is 5.31. The average molecular weight is 295 g/mol. The number of nitrogens with zero attached hydrogens (tertiary/aromatic N) is 1. The molecule has 0 bridgehead atoms. The summed E-state index contributed by atoms with van der Waals surface area (Å²) in [4.78, 5) is 2.27. The minimum atomic E-state index is -1.09. The van der Waals surface area contributed by atoms with Gasteiger partial charge in [-0.1, -0.05) is 18.9 Å². The molecule has 0 amide bonds. The Kier molecular flexibility index (Phi) is 4.02. The summed E-state index contributed by atoms with van der Waals surface area (Å²) in [6.07, 6.45) is 4.80. The molecule has 1 unspecified atom stereocenters. The lowest BCUT2D eigenvalue weighted by Crippen LogP contribution is -2.50. The summed E-state index contributed by atoms with van der Waals surface area (Å²) in [5.74, 6) is -1.22. The summed E-state index contributed by atoms with van der Waals surface area (Å²) in [5.41, 5.74) is -0.227. The van der Waals surface area contributed by atoms with Crippen LogP contribution in [0.5, 0.6) is 0 Å². The number of aryl methyl sites for hydroxylation is 1. The van der Waals surface area contributed by atoms with Crippen molar-refractivity contribution in [3.63, 3.8) is 0 Å². The molecule has 0 aromatic heterocycles. The third-order valence-corrected chi connectivity index (χ3v) is 5.31. The predicted molar refractivity (Wildman–Crippen MR) is 78.1 cm³/mol. The number of rotatable bonds is 3. The standard InChI is InChI=1S/C17H23F2NO/c1-12-6-7-13(18)14(15(12)19)16(21)17(8-2-3-9-17)20-10-4-5-11-20/h6-7,16,21H,2-5,8-11H2,1H3. The van der Waals surface area contributed by atoms with Gasteiger partial charge in [-0.2, -0.15) is 0 Å². The normalized spacial score (nSPS) is 23.6. The number of aliphatic hydroxyl groups excluding tert-OH is 1. The zero-order valence-corrected chi connectivity index (χ0v) is 12.5. The first-order chi connectivity index (χ1) is 10.1. The zero-order chi connectivity index (χ0) is 15.0. The fourth-order valence-electron chi connectivity index (χ4n) is 4.11. The number of likely N-dealkylation sites (tertiary alicyclic amines) is 1. The molecule has 21 heavy (non-hydrogen) atoms. The highest BCUT2D eigenvalue weighted by atomic mass is 19.1. The van der Waals surface area contributed by atoms with Crippen LogP contribution in [0.25, 0.3) is 0 Å². The lowest BCUT2D eigenvalue weighted by molar-refractivity contribution is -0.0233. The van der Waals surface area contributed by atoms with Gasteiger partial charge in [-0.3, -0.25) is 4.90 Å². The van der Waals surface area contributed by atoms with Crippen LogP contribution in [0, 0.1) is 18.6 Å². The molecule has 1 N–H and O–H groups in total. The Morgan fingerprint density at radius 2 is 1.71 bits per heavy atom. The second kappa shape index (κ2) is 5.65. The highest BCUT2D eigenvalue weighted by Gasteiger charge is 2.48. The third-order valence-electron chi connectivity index (χ3n) is 5.31. The first-order valence-corrected chi connectivity index (χ1v) is 7.94. The van der Waals surface area contributed by atoms with E-state index in [4.69, 9.17) is 0 Å². The van der Waals surface area contributed by atoms with Gasteiger partial charge in [0.2, 0.25) is 0 Å². The van der Waals surface area contributed by atoms with E-state index in [2.05, 4.69) is 4.90 Å². The fraction of sp³-hybridized carbons (Fsp3) is 0.647. The Bertz CT molecular complexity index is 520. The molecule has 4 heteroatoms. The van der Waals surface area contributed by atoms with Gasteiger partial charge in [0.1, 0.15) is 17.7 Å². The summed E-state index contributed by atoms with van der Waals surface area (Å²) in [5, 5.41) is 10.9. The topological polar surface area (TPSA) is 23.5 Å². The second-order valence-corrected chi connectivity index (χ2v) is 6.50. The summed E-state index contributed by atoms with van der Waals surface area (Å²) in [6, 6.07) is 2.70. The van der Waals surface area contributed by atoms with Gasteiger partial charge in [-0.05, 0) is 57.3 Å². The van der Waals surface area contributed by atoms with Crippen molar-refractivity contribution in [1.29, 1.82) is 0 Å². The molecule has 1 atom stereocenters. The average Bonchev–Trinajstić information content (AvgIpc) is 3.13. The van der Waals surface area contributed by atoms with E-state index < -0.39 is 23.3 Å². The molecule has 2 nitrogen and oxygen atoms in total. The number of hydrogen-bond donors (Lipinski definition) is 1. The summed E-state index contributed by atoms with van der Waals surface area (Å²) in [6.45, 7) is 3.46. The van der Waals surface area contributed by atoms with Crippen LogP contribution in [0.4, 0.5) is 8.78 Å². The van der Waals surface area contributed by atoms with Crippen LogP contribution in [0.2, 0.25) is 0 Å². The summed E-state index contributed by atoms with van der Waals surface area (Å²) < 4.78 is 28.6. The third kappa shape index (κ3) is 2.38. The van der Waals surface area contributed by atoms with Crippen molar-refractivity contribution in [2.24, 2.45) is 0 Å². The molecular formula is C17H23F2NO. The zero-order valence-electron chi connectivity index (χ0n) is 12.5. The second-order valence-electron chi connectivity index (χ2n) is 6.50. The van der Waals surface area contributed by atoms with Crippen LogP contribution in [0.3, 0.4) is 0 Å². The summed E-state index contributed by atoms with van der Waals surface area (Å²) in [7, 11) is 0. The molecule has 1 aromatic rings.